The van der Waals surface area contributed by atoms with E-state index in [1.807, 2.05) is 0 Å². The highest BCUT2D eigenvalue weighted by Gasteiger charge is 2.45. The highest BCUT2D eigenvalue weighted by molar-refractivity contribution is 5.83. The molecule has 0 bridgehead atoms. The van der Waals surface area contributed by atoms with Crippen LogP contribution in [-0.4, -0.2) is 11.6 Å². The van der Waals surface area contributed by atoms with Crippen molar-refractivity contribution >= 4 is 16.5 Å². The van der Waals surface area contributed by atoms with Crippen LogP contribution >= 0.6 is 0 Å². The van der Waals surface area contributed by atoms with Gasteiger partial charge in [0.25, 0.3) is 0 Å². The van der Waals surface area contributed by atoms with E-state index < -0.39 is 0 Å². The van der Waals surface area contributed by atoms with Crippen molar-refractivity contribution in [2.24, 2.45) is 0 Å². The summed E-state index contributed by atoms with van der Waals surface area (Å²) in [5, 5.41) is 2.68. The fraction of sp³-hybridized carbons (Fsp3) is 0.407. The van der Waals surface area contributed by atoms with Gasteiger partial charge in [-0.1, -0.05) is 74.5 Å². The number of para-hydroxylation sites is 1. The van der Waals surface area contributed by atoms with Gasteiger partial charge >= 0.3 is 0 Å². The van der Waals surface area contributed by atoms with Crippen LogP contribution in [0.1, 0.15) is 63.6 Å². The molecule has 1 aliphatic rings. The monoisotopic (exact) mass is 371 g/mol. The van der Waals surface area contributed by atoms with Crippen molar-refractivity contribution in [3.8, 4) is 0 Å². The average Bonchev–Trinajstić information content (AvgIpc) is 2.95. The van der Waals surface area contributed by atoms with Gasteiger partial charge in [-0.15, -0.1) is 0 Å². The largest absolute Gasteiger partial charge is 0.363 e. The number of aryl methyl sites for hydroxylation is 2. The van der Waals surface area contributed by atoms with Gasteiger partial charge in [0, 0.05) is 23.2 Å². The molecule has 4 rings (SSSR count). The minimum atomic E-state index is 0.144. The van der Waals surface area contributed by atoms with E-state index in [1.165, 1.54) is 39.6 Å². The summed E-state index contributed by atoms with van der Waals surface area (Å²) in [6, 6.07) is 23.1. The van der Waals surface area contributed by atoms with Gasteiger partial charge in [-0.2, -0.15) is 0 Å². The topological polar surface area (TPSA) is 3.24 Å². The fourth-order valence-electron chi connectivity index (χ4n) is 5.40. The summed E-state index contributed by atoms with van der Waals surface area (Å²) in [7, 11) is 0. The lowest BCUT2D eigenvalue weighted by Gasteiger charge is -2.40. The van der Waals surface area contributed by atoms with Crippen molar-refractivity contribution in [3.63, 3.8) is 0 Å². The second-order valence-corrected chi connectivity index (χ2v) is 8.97. The molecule has 1 unspecified atom stereocenters. The Morgan fingerprint density at radius 2 is 1.50 bits per heavy atom. The van der Waals surface area contributed by atoms with Crippen LogP contribution < -0.4 is 4.90 Å². The first kappa shape index (κ1) is 19.1. The Balaban J connectivity index is 1.79. The second kappa shape index (κ2) is 7.28. The SMILES string of the molecule is CCc1cccc(CC)c1N1C(C)[C@@H](c2ccc3ccccc3c2)CC1(C)C. The molecular weight excluding hydrogens is 338 g/mol. The Morgan fingerprint density at radius 1 is 0.857 bits per heavy atom. The zero-order valence-electron chi connectivity index (χ0n) is 18.0. The third-order valence-electron chi connectivity index (χ3n) is 6.77. The molecule has 2 atom stereocenters. The number of hydrogen-bond donors (Lipinski definition) is 0. The van der Waals surface area contributed by atoms with Gasteiger partial charge in [0.05, 0.1) is 0 Å². The minimum Gasteiger partial charge on any atom is -0.363 e. The van der Waals surface area contributed by atoms with Crippen molar-refractivity contribution in [2.45, 2.75) is 71.4 Å². The molecule has 1 nitrogen and oxygen atoms in total. The van der Waals surface area contributed by atoms with Crippen LogP contribution in [-0.2, 0) is 12.8 Å². The van der Waals surface area contributed by atoms with Crippen LogP contribution in [0.5, 0.6) is 0 Å². The Kier molecular flexibility index (Phi) is 4.95. The number of hydrogen-bond acceptors (Lipinski definition) is 1. The standard InChI is InChI=1S/C27H33N/c1-6-20-13-10-14-21(7-2)26(20)28-19(3)25(18-27(28,4)5)24-16-15-22-11-8-9-12-23(22)17-24/h8-17,19,25H,6-7,18H2,1-5H3/t19?,25-/m0/s1. The van der Waals surface area contributed by atoms with Crippen molar-refractivity contribution in [1.82, 2.24) is 0 Å². The maximum atomic E-state index is 2.74. The molecule has 1 saturated heterocycles. The number of anilines is 1. The van der Waals surface area contributed by atoms with E-state index in [-0.39, 0.29) is 5.54 Å². The summed E-state index contributed by atoms with van der Waals surface area (Å²) in [4.78, 5) is 2.74. The molecule has 1 aliphatic heterocycles. The maximum absolute atomic E-state index is 2.74. The number of benzene rings is 3. The molecule has 3 aromatic rings. The van der Waals surface area contributed by atoms with E-state index in [0.29, 0.717) is 12.0 Å². The molecule has 0 spiro atoms. The van der Waals surface area contributed by atoms with Crippen molar-refractivity contribution in [3.05, 3.63) is 77.4 Å². The summed E-state index contributed by atoms with van der Waals surface area (Å²) >= 11 is 0. The van der Waals surface area contributed by atoms with Crippen LogP contribution in [0.3, 0.4) is 0 Å². The predicted molar refractivity (Wildman–Crippen MR) is 123 cm³/mol. The van der Waals surface area contributed by atoms with Crippen LogP contribution in [0.4, 0.5) is 5.69 Å². The average molecular weight is 372 g/mol. The van der Waals surface area contributed by atoms with Crippen LogP contribution in [0.25, 0.3) is 10.8 Å². The third kappa shape index (κ3) is 3.11. The Hall–Kier alpha value is -2.28. The molecule has 0 saturated carbocycles. The lowest BCUT2D eigenvalue weighted by atomic mass is 9.87. The van der Waals surface area contributed by atoms with Crippen molar-refractivity contribution < 1.29 is 0 Å². The molecule has 0 aromatic heterocycles. The van der Waals surface area contributed by atoms with E-state index in [2.05, 4.69) is 100 Å². The molecule has 1 heteroatoms. The molecule has 0 amide bonds. The summed E-state index contributed by atoms with van der Waals surface area (Å²) in [5.74, 6) is 0.550. The number of nitrogens with zero attached hydrogens (tertiary/aromatic N) is 1. The van der Waals surface area contributed by atoms with E-state index in [9.17, 15) is 0 Å². The molecule has 146 valence electrons. The highest BCUT2D eigenvalue weighted by atomic mass is 15.3. The fourth-order valence-corrected chi connectivity index (χ4v) is 5.40. The Morgan fingerprint density at radius 3 is 2.14 bits per heavy atom. The van der Waals surface area contributed by atoms with Gasteiger partial charge in [0.2, 0.25) is 0 Å². The van der Waals surface area contributed by atoms with Crippen molar-refractivity contribution in [2.75, 3.05) is 4.90 Å². The third-order valence-corrected chi connectivity index (χ3v) is 6.77. The zero-order chi connectivity index (χ0) is 19.9. The lowest BCUT2D eigenvalue weighted by molar-refractivity contribution is 0.501. The first-order valence-electron chi connectivity index (χ1n) is 10.8. The summed E-state index contributed by atoms with van der Waals surface area (Å²) in [6.45, 7) is 11.9. The van der Waals surface area contributed by atoms with Gasteiger partial charge in [0.1, 0.15) is 0 Å². The van der Waals surface area contributed by atoms with Crippen LogP contribution in [0, 0.1) is 0 Å². The van der Waals surface area contributed by atoms with Gasteiger partial charge in [-0.25, -0.2) is 0 Å². The molecular formula is C27H33N. The molecule has 1 fully saturated rings. The normalized spacial score (nSPS) is 21.4. The van der Waals surface area contributed by atoms with Gasteiger partial charge in [-0.05, 0) is 67.5 Å². The Labute approximate surface area is 170 Å². The summed E-state index contributed by atoms with van der Waals surface area (Å²) in [6.07, 6.45) is 3.36. The maximum Gasteiger partial charge on any atom is 0.0438 e. The zero-order valence-corrected chi connectivity index (χ0v) is 18.0. The van der Waals surface area contributed by atoms with Crippen LogP contribution in [0.15, 0.2) is 60.7 Å². The number of rotatable bonds is 4. The molecule has 3 aromatic carbocycles. The first-order chi connectivity index (χ1) is 13.5. The first-order valence-corrected chi connectivity index (χ1v) is 10.8. The smallest absolute Gasteiger partial charge is 0.0438 e. The van der Waals surface area contributed by atoms with E-state index in [0.717, 1.165) is 12.8 Å². The summed E-state index contributed by atoms with van der Waals surface area (Å²) in [5.41, 5.74) is 6.09. The van der Waals surface area contributed by atoms with Crippen LogP contribution in [0.2, 0.25) is 0 Å². The molecule has 1 heterocycles. The second-order valence-electron chi connectivity index (χ2n) is 8.97. The molecule has 0 N–H and O–H groups in total. The van der Waals surface area contributed by atoms with Gasteiger partial charge in [-0.3, -0.25) is 0 Å². The molecule has 0 aliphatic carbocycles. The van der Waals surface area contributed by atoms with E-state index in [1.54, 1.807) is 0 Å². The van der Waals surface area contributed by atoms with Crippen molar-refractivity contribution in [1.29, 1.82) is 0 Å². The predicted octanol–water partition coefficient (Wildman–Crippen LogP) is 7.13. The highest BCUT2D eigenvalue weighted by Crippen LogP contribution is 2.48. The lowest BCUT2D eigenvalue weighted by Crippen LogP contribution is -2.43. The summed E-state index contributed by atoms with van der Waals surface area (Å²) < 4.78 is 0. The minimum absolute atomic E-state index is 0.144. The molecule has 0 radical (unpaired) electrons. The molecule has 28 heavy (non-hydrogen) atoms. The van der Waals surface area contributed by atoms with E-state index >= 15 is 0 Å². The van der Waals surface area contributed by atoms with E-state index in [4.69, 9.17) is 0 Å². The Bertz CT molecular complexity index is 962. The van der Waals surface area contributed by atoms with Gasteiger partial charge in [0.15, 0.2) is 0 Å². The van der Waals surface area contributed by atoms with Gasteiger partial charge < -0.3 is 4.90 Å². The number of fused-ring (bicyclic) bond motifs is 1. The quantitative estimate of drug-likeness (QED) is 0.471.